The molecule has 0 aromatic carbocycles. The Morgan fingerprint density at radius 1 is 1.58 bits per heavy atom. The molecule has 0 unspecified atom stereocenters. The molecule has 1 fully saturated rings. The maximum absolute atomic E-state index is 12.3. The van der Waals surface area contributed by atoms with Crippen molar-refractivity contribution in [2.45, 2.75) is 24.9 Å². The van der Waals surface area contributed by atoms with Gasteiger partial charge in [0.2, 0.25) is 0 Å². The van der Waals surface area contributed by atoms with Crippen molar-refractivity contribution >= 4 is 12.4 Å². The Hall–Kier alpha value is 0.0700. The van der Waals surface area contributed by atoms with Crippen molar-refractivity contribution in [3.8, 4) is 0 Å². The lowest BCUT2D eigenvalue weighted by molar-refractivity contribution is -0.186. The summed E-state index contributed by atoms with van der Waals surface area (Å²) in [4.78, 5) is 0. The van der Waals surface area contributed by atoms with Crippen molar-refractivity contribution < 1.29 is 13.5 Å². The van der Waals surface area contributed by atoms with E-state index in [1.165, 1.54) is 7.11 Å². The third kappa shape index (κ3) is 1.87. The van der Waals surface area contributed by atoms with E-state index in [2.05, 4.69) is 0 Å². The van der Waals surface area contributed by atoms with E-state index in [9.17, 15) is 8.78 Å². The Balaban J connectivity index is 0.00000121. The van der Waals surface area contributed by atoms with Crippen molar-refractivity contribution in [3.05, 3.63) is 0 Å². The quantitative estimate of drug-likeness (QED) is 0.750. The second-order valence-electron chi connectivity index (χ2n) is 3.08. The third-order valence-electron chi connectivity index (χ3n) is 2.41. The molecule has 0 spiro atoms. The van der Waals surface area contributed by atoms with E-state index in [0.29, 0.717) is 19.4 Å². The van der Waals surface area contributed by atoms with Gasteiger partial charge in [0.05, 0.1) is 0 Å². The number of nitrogens with two attached hydrogens (primary N) is 1. The number of hydrogen-bond acceptors (Lipinski definition) is 2. The normalized spacial score (nSPS) is 34.2. The molecule has 0 saturated heterocycles. The molecule has 12 heavy (non-hydrogen) atoms. The molecular weight excluding hydrogens is 188 g/mol. The van der Waals surface area contributed by atoms with Crippen molar-refractivity contribution in [2.24, 2.45) is 11.7 Å². The summed E-state index contributed by atoms with van der Waals surface area (Å²) in [6.07, 6.45) is -1.58. The molecule has 5 heteroatoms. The minimum Gasteiger partial charge on any atom is -0.372 e. The van der Waals surface area contributed by atoms with Crippen molar-refractivity contribution in [2.75, 3.05) is 13.7 Å². The van der Waals surface area contributed by atoms with Crippen LogP contribution in [-0.2, 0) is 4.74 Å². The first-order valence-electron chi connectivity index (χ1n) is 3.68. The maximum atomic E-state index is 12.3. The standard InChI is InChI=1S/C7H13F2NO.ClH/c1-11-7(6(8)9)2-5(3-7)4-10;/h5-6H,2-4,10H2,1H3;1H. The van der Waals surface area contributed by atoms with Crippen molar-refractivity contribution in [1.29, 1.82) is 0 Å². The molecule has 0 heterocycles. The minimum absolute atomic E-state index is 0. The predicted molar refractivity (Wildman–Crippen MR) is 44.8 cm³/mol. The minimum atomic E-state index is -2.38. The zero-order valence-corrected chi connectivity index (χ0v) is 7.74. The predicted octanol–water partition coefficient (Wildman–Crippen LogP) is 1.43. The Labute approximate surface area is 76.9 Å². The molecular formula is C7H14ClF2NO. The van der Waals surface area contributed by atoms with Gasteiger partial charge in [-0.1, -0.05) is 0 Å². The fraction of sp³-hybridized carbons (Fsp3) is 1.00. The highest BCUT2D eigenvalue weighted by Crippen LogP contribution is 2.44. The van der Waals surface area contributed by atoms with Gasteiger partial charge in [-0.05, 0) is 25.3 Å². The summed E-state index contributed by atoms with van der Waals surface area (Å²) in [5, 5.41) is 0. The zero-order chi connectivity index (χ0) is 8.48. The summed E-state index contributed by atoms with van der Waals surface area (Å²) in [7, 11) is 1.33. The Kier molecular flexibility index (Phi) is 4.37. The van der Waals surface area contributed by atoms with Gasteiger partial charge in [-0.25, -0.2) is 8.78 Å². The van der Waals surface area contributed by atoms with E-state index >= 15 is 0 Å². The highest BCUT2D eigenvalue weighted by molar-refractivity contribution is 5.85. The summed E-state index contributed by atoms with van der Waals surface area (Å²) in [6, 6.07) is 0. The van der Waals surface area contributed by atoms with Crippen LogP contribution >= 0.6 is 12.4 Å². The van der Waals surface area contributed by atoms with Crippen LogP contribution in [0, 0.1) is 5.92 Å². The van der Waals surface area contributed by atoms with Gasteiger partial charge in [0, 0.05) is 7.11 Å². The van der Waals surface area contributed by atoms with Crippen LogP contribution in [0.3, 0.4) is 0 Å². The molecule has 0 aliphatic heterocycles. The summed E-state index contributed by atoms with van der Waals surface area (Å²) in [5.74, 6) is 0.226. The first kappa shape index (κ1) is 12.1. The first-order valence-corrected chi connectivity index (χ1v) is 3.68. The highest BCUT2D eigenvalue weighted by atomic mass is 35.5. The Morgan fingerprint density at radius 3 is 2.33 bits per heavy atom. The van der Waals surface area contributed by atoms with E-state index in [4.69, 9.17) is 10.5 Å². The zero-order valence-electron chi connectivity index (χ0n) is 6.93. The largest absolute Gasteiger partial charge is 0.372 e. The van der Waals surface area contributed by atoms with Gasteiger partial charge in [0.15, 0.2) is 0 Å². The summed E-state index contributed by atoms with van der Waals surface area (Å²) >= 11 is 0. The lowest BCUT2D eigenvalue weighted by atomic mass is 9.71. The monoisotopic (exact) mass is 201 g/mol. The first-order chi connectivity index (χ1) is 5.14. The number of halogens is 3. The van der Waals surface area contributed by atoms with Crippen LogP contribution in [0.15, 0.2) is 0 Å². The van der Waals surface area contributed by atoms with Gasteiger partial charge >= 0.3 is 0 Å². The summed E-state index contributed by atoms with van der Waals surface area (Å²) in [6.45, 7) is 0.484. The van der Waals surface area contributed by atoms with Crippen molar-refractivity contribution in [1.82, 2.24) is 0 Å². The number of alkyl halides is 2. The number of rotatable bonds is 3. The fourth-order valence-corrected chi connectivity index (χ4v) is 1.52. The third-order valence-corrected chi connectivity index (χ3v) is 2.41. The summed E-state index contributed by atoms with van der Waals surface area (Å²) < 4.78 is 29.3. The van der Waals surface area contributed by atoms with Crippen molar-refractivity contribution in [3.63, 3.8) is 0 Å². The second kappa shape index (κ2) is 4.35. The summed E-state index contributed by atoms with van der Waals surface area (Å²) in [5.41, 5.74) is 4.13. The lowest BCUT2D eigenvalue weighted by Gasteiger charge is -2.45. The van der Waals surface area contributed by atoms with E-state index in [0.717, 1.165) is 0 Å². The van der Waals surface area contributed by atoms with Gasteiger partial charge in [-0.15, -0.1) is 12.4 Å². The highest BCUT2D eigenvalue weighted by Gasteiger charge is 2.50. The average molecular weight is 202 g/mol. The number of hydrogen-bond donors (Lipinski definition) is 1. The molecule has 1 rings (SSSR count). The van der Waals surface area contributed by atoms with Crippen LogP contribution in [0.2, 0.25) is 0 Å². The smallest absolute Gasteiger partial charge is 0.267 e. The Morgan fingerprint density at radius 2 is 2.08 bits per heavy atom. The fourth-order valence-electron chi connectivity index (χ4n) is 1.52. The van der Waals surface area contributed by atoms with Gasteiger partial charge in [0.1, 0.15) is 5.60 Å². The van der Waals surface area contributed by atoms with Gasteiger partial charge in [-0.2, -0.15) is 0 Å². The van der Waals surface area contributed by atoms with E-state index in [1.807, 2.05) is 0 Å². The molecule has 0 amide bonds. The van der Waals surface area contributed by atoms with E-state index < -0.39 is 12.0 Å². The molecule has 2 nitrogen and oxygen atoms in total. The molecule has 74 valence electrons. The van der Waals surface area contributed by atoms with Crippen LogP contribution in [0.4, 0.5) is 8.78 Å². The lowest BCUT2D eigenvalue weighted by Crippen LogP contribution is -2.53. The van der Waals surface area contributed by atoms with Gasteiger partial charge in [0.25, 0.3) is 6.43 Å². The second-order valence-corrected chi connectivity index (χ2v) is 3.08. The van der Waals surface area contributed by atoms with E-state index in [-0.39, 0.29) is 18.3 Å². The molecule has 0 atom stereocenters. The van der Waals surface area contributed by atoms with Gasteiger partial charge in [-0.3, -0.25) is 0 Å². The number of ether oxygens (including phenoxy) is 1. The Bertz CT molecular complexity index is 139. The van der Waals surface area contributed by atoms with Crippen LogP contribution in [0.25, 0.3) is 0 Å². The molecule has 1 saturated carbocycles. The molecule has 0 bridgehead atoms. The average Bonchev–Trinajstić information content (AvgIpc) is 1.86. The van der Waals surface area contributed by atoms with Crippen LogP contribution in [-0.4, -0.2) is 25.7 Å². The molecule has 2 N–H and O–H groups in total. The SMILES string of the molecule is COC1(C(F)F)CC(CN)C1.Cl. The molecule has 1 aliphatic rings. The van der Waals surface area contributed by atoms with Crippen LogP contribution in [0.5, 0.6) is 0 Å². The topological polar surface area (TPSA) is 35.2 Å². The van der Waals surface area contributed by atoms with E-state index in [1.54, 1.807) is 0 Å². The number of methoxy groups -OCH3 is 1. The molecule has 1 aliphatic carbocycles. The molecule has 0 radical (unpaired) electrons. The van der Waals surface area contributed by atoms with Crippen LogP contribution < -0.4 is 5.73 Å². The van der Waals surface area contributed by atoms with Crippen LogP contribution in [0.1, 0.15) is 12.8 Å². The maximum Gasteiger partial charge on any atom is 0.267 e. The molecule has 0 aromatic rings. The van der Waals surface area contributed by atoms with Gasteiger partial charge < -0.3 is 10.5 Å². The molecule has 0 aromatic heterocycles.